The van der Waals surface area contributed by atoms with Gasteiger partial charge in [-0.3, -0.25) is 9.59 Å². The highest BCUT2D eigenvalue weighted by molar-refractivity contribution is 5.70. The Morgan fingerprint density at radius 2 is 2.13 bits per heavy atom. The highest BCUT2D eigenvalue weighted by Crippen LogP contribution is 2.03. The predicted molar refractivity (Wildman–Crippen MR) is 55.6 cm³/mol. The lowest BCUT2D eigenvalue weighted by atomic mass is 10.1. The third-order valence-electron chi connectivity index (χ3n) is 1.53. The Morgan fingerprint density at radius 1 is 1.53 bits per heavy atom. The van der Waals surface area contributed by atoms with E-state index >= 15 is 0 Å². The molecule has 1 N–H and O–H groups in total. The molecule has 0 saturated carbocycles. The maximum atomic E-state index is 10.3. The SMILES string of the molecule is COC=O.Cc1cccc(CC(=O)O)c1. The van der Waals surface area contributed by atoms with E-state index in [2.05, 4.69) is 4.74 Å². The van der Waals surface area contributed by atoms with E-state index < -0.39 is 5.97 Å². The summed E-state index contributed by atoms with van der Waals surface area (Å²) in [5.74, 6) is -0.782. The normalized spacial score (nSPS) is 8.40. The van der Waals surface area contributed by atoms with Crippen LogP contribution in [0.15, 0.2) is 24.3 Å². The second-order valence-corrected chi connectivity index (χ2v) is 2.89. The van der Waals surface area contributed by atoms with Crippen LogP contribution in [0.25, 0.3) is 0 Å². The molecule has 1 aromatic carbocycles. The van der Waals surface area contributed by atoms with Gasteiger partial charge in [0.15, 0.2) is 0 Å². The third kappa shape index (κ3) is 7.25. The van der Waals surface area contributed by atoms with Crippen LogP contribution in [0.3, 0.4) is 0 Å². The van der Waals surface area contributed by atoms with Gasteiger partial charge in [0.2, 0.25) is 0 Å². The van der Waals surface area contributed by atoms with Gasteiger partial charge in [-0.25, -0.2) is 0 Å². The van der Waals surface area contributed by atoms with Crippen molar-refractivity contribution in [3.63, 3.8) is 0 Å². The van der Waals surface area contributed by atoms with Crippen molar-refractivity contribution < 1.29 is 19.4 Å². The zero-order chi connectivity index (χ0) is 11.7. The summed E-state index contributed by atoms with van der Waals surface area (Å²) in [6.07, 6.45) is 0.113. The Balaban J connectivity index is 0.000000423. The number of rotatable bonds is 3. The molecular formula is C11H14O4. The molecule has 1 aromatic rings. The van der Waals surface area contributed by atoms with Crippen LogP contribution in [-0.4, -0.2) is 24.7 Å². The summed E-state index contributed by atoms with van der Waals surface area (Å²) < 4.78 is 3.86. The first-order valence-corrected chi connectivity index (χ1v) is 4.34. The zero-order valence-electron chi connectivity index (χ0n) is 8.77. The first-order valence-electron chi connectivity index (χ1n) is 4.34. The minimum Gasteiger partial charge on any atom is -0.481 e. The molecule has 82 valence electrons. The van der Waals surface area contributed by atoms with E-state index in [0.29, 0.717) is 6.47 Å². The van der Waals surface area contributed by atoms with Gasteiger partial charge in [0.05, 0.1) is 13.5 Å². The number of benzene rings is 1. The quantitative estimate of drug-likeness (QED) is 0.766. The Bertz CT molecular complexity index is 320. The maximum absolute atomic E-state index is 10.3. The molecule has 15 heavy (non-hydrogen) atoms. The predicted octanol–water partition coefficient (Wildman–Crippen LogP) is 1.41. The van der Waals surface area contributed by atoms with Crippen molar-refractivity contribution in [3.8, 4) is 0 Å². The molecule has 0 unspecified atom stereocenters. The molecule has 0 fully saturated rings. The van der Waals surface area contributed by atoms with E-state index in [0.717, 1.165) is 11.1 Å². The fraction of sp³-hybridized carbons (Fsp3) is 0.273. The summed E-state index contributed by atoms with van der Waals surface area (Å²) in [4.78, 5) is 19.2. The molecule has 0 radical (unpaired) electrons. The molecule has 0 amide bonds. The Hall–Kier alpha value is -1.84. The van der Waals surface area contributed by atoms with Crippen molar-refractivity contribution in [2.75, 3.05) is 7.11 Å². The molecule has 4 heteroatoms. The largest absolute Gasteiger partial charge is 0.481 e. The van der Waals surface area contributed by atoms with Crippen LogP contribution in [0.5, 0.6) is 0 Å². The van der Waals surface area contributed by atoms with Crippen molar-refractivity contribution in [1.82, 2.24) is 0 Å². The van der Waals surface area contributed by atoms with Crippen LogP contribution >= 0.6 is 0 Å². The summed E-state index contributed by atoms with van der Waals surface area (Å²) in [6.45, 7) is 2.32. The number of carboxylic acid groups (broad SMARTS) is 1. The number of hydrogen-bond acceptors (Lipinski definition) is 3. The van der Waals surface area contributed by atoms with Crippen molar-refractivity contribution in [2.24, 2.45) is 0 Å². The van der Waals surface area contributed by atoms with Crippen LogP contribution < -0.4 is 0 Å². The lowest BCUT2D eigenvalue weighted by Gasteiger charge is -1.96. The fourth-order valence-corrected chi connectivity index (χ4v) is 0.997. The number of hydrogen-bond donors (Lipinski definition) is 1. The molecule has 0 spiro atoms. The monoisotopic (exact) mass is 210 g/mol. The van der Waals surface area contributed by atoms with Gasteiger partial charge in [-0.2, -0.15) is 0 Å². The van der Waals surface area contributed by atoms with Crippen LogP contribution in [0, 0.1) is 6.92 Å². The highest BCUT2D eigenvalue weighted by atomic mass is 16.5. The first-order chi connectivity index (χ1) is 7.10. The Kier molecular flexibility index (Phi) is 6.63. The number of aliphatic carboxylic acids is 1. The molecule has 0 aromatic heterocycles. The highest BCUT2D eigenvalue weighted by Gasteiger charge is 1.98. The first kappa shape index (κ1) is 13.2. The third-order valence-corrected chi connectivity index (χ3v) is 1.53. The van der Waals surface area contributed by atoms with E-state index in [1.54, 1.807) is 0 Å². The minimum absolute atomic E-state index is 0.113. The average Bonchev–Trinajstić information content (AvgIpc) is 2.17. The van der Waals surface area contributed by atoms with Gasteiger partial charge in [0.1, 0.15) is 0 Å². The van der Waals surface area contributed by atoms with Gasteiger partial charge < -0.3 is 9.84 Å². The molecule has 0 atom stereocenters. The zero-order valence-corrected chi connectivity index (χ0v) is 8.77. The van der Waals surface area contributed by atoms with Crippen LogP contribution in [0.2, 0.25) is 0 Å². The van der Waals surface area contributed by atoms with Gasteiger partial charge in [-0.05, 0) is 12.5 Å². The fourth-order valence-electron chi connectivity index (χ4n) is 0.997. The van der Waals surface area contributed by atoms with Crippen LogP contribution in [-0.2, 0) is 20.7 Å². The molecule has 4 nitrogen and oxygen atoms in total. The molecule has 0 aliphatic carbocycles. The second kappa shape index (κ2) is 7.55. The van der Waals surface area contributed by atoms with Crippen molar-refractivity contribution >= 4 is 12.4 Å². The standard InChI is InChI=1S/C9H10O2.C2H4O2/c1-7-3-2-4-8(5-7)6-9(10)11;1-4-2-3/h2-5H,6H2,1H3,(H,10,11);2H,1H3. The van der Waals surface area contributed by atoms with Gasteiger partial charge >= 0.3 is 5.97 Å². The lowest BCUT2D eigenvalue weighted by molar-refractivity contribution is -0.136. The lowest BCUT2D eigenvalue weighted by Crippen LogP contribution is -1.99. The smallest absolute Gasteiger partial charge is 0.307 e. The van der Waals surface area contributed by atoms with Gasteiger partial charge in [0.25, 0.3) is 6.47 Å². The topological polar surface area (TPSA) is 63.6 Å². The molecule has 0 heterocycles. The number of carbonyl (C=O) groups is 2. The Labute approximate surface area is 88.5 Å². The second-order valence-electron chi connectivity index (χ2n) is 2.89. The van der Waals surface area contributed by atoms with Gasteiger partial charge in [-0.15, -0.1) is 0 Å². The number of methoxy groups -OCH3 is 1. The average molecular weight is 210 g/mol. The van der Waals surface area contributed by atoms with E-state index in [1.165, 1.54) is 7.11 Å². The molecule has 0 bridgehead atoms. The Morgan fingerprint density at radius 3 is 2.53 bits per heavy atom. The van der Waals surface area contributed by atoms with E-state index in [9.17, 15) is 4.79 Å². The van der Waals surface area contributed by atoms with E-state index in [1.807, 2.05) is 31.2 Å². The number of aryl methyl sites for hydroxylation is 1. The molecular weight excluding hydrogens is 196 g/mol. The summed E-state index contributed by atoms with van der Waals surface area (Å²) in [5, 5.41) is 8.46. The van der Waals surface area contributed by atoms with Crippen LogP contribution in [0.1, 0.15) is 11.1 Å². The maximum Gasteiger partial charge on any atom is 0.307 e. The summed E-state index contributed by atoms with van der Waals surface area (Å²) in [5.41, 5.74) is 1.96. The molecule has 0 aliphatic heterocycles. The number of ether oxygens (including phenoxy) is 1. The van der Waals surface area contributed by atoms with Crippen molar-refractivity contribution in [2.45, 2.75) is 13.3 Å². The molecule has 0 aliphatic rings. The van der Waals surface area contributed by atoms with Crippen molar-refractivity contribution in [3.05, 3.63) is 35.4 Å². The minimum atomic E-state index is -0.782. The summed E-state index contributed by atoms with van der Waals surface area (Å²) >= 11 is 0. The summed E-state index contributed by atoms with van der Waals surface area (Å²) in [6, 6.07) is 7.52. The molecule has 0 saturated heterocycles. The van der Waals surface area contributed by atoms with Crippen LogP contribution in [0.4, 0.5) is 0 Å². The molecule has 1 rings (SSSR count). The van der Waals surface area contributed by atoms with Gasteiger partial charge in [0, 0.05) is 0 Å². The summed E-state index contributed by atoms with van der Waals surface area (Å²) in [7, 11) is 1.31. The number of carboxylic acids is 1. The van der Waals surface area contributed by atoms with Crippen molar-refractivity contribution in [1.29, 1.82) is 0 Å². The van der Waals surface area contributed by atoms with E-state index in [-0.39, 0.29) is 6.42 Å². The van der Waals surface area contributed by atoms with Gasteiger partial charge in [-0.1, -0.05) is 29.8 Å². The number of carbonyl (C=O) groups excluding carboxylic acids is 1. The van der Waals surface area contributed by atoms with E-state index in [4.69, 9.17) is 9.90 Å².